The number of hydrogen-bond acceptors (Lipinski definition) is 7. The number of ether oxygens (including phenoxy) is 1. The van der Waals surface area contributed by atoms with Crippen LogP contribution in [0.15, 0.2) is 66.2 Å². The molecule has 4 heterocycles. The minimum Gasteiger partial charge on any atom is -0.495 e. The smallest absolute Gasteiger partial charge is 0.272 e. The molecule has 6 rings (SSSR count). The van der Waals surface area contributed by atoms with Crippen LogP contribution in [0.3, 0.4) is 0 Å². The van der Waals surface area contributed by atoms with E-state index in [0.29, 0.717) is 22.9 Å². The third kappa shape index (κ3) is 5.59. The van der Waals surface area contributed by atoms with Crippen molar-refractivity contribution >= 4 is 61.7 Å². The van der Waals surface area contributed by atoms with E-state index in [4.69, 9.17) is 10.5 Å². The predicted molar refractivity (Wildman–Crippen MR) is 175 cm³/mol. The standard InChI is InChI=1S/C33H34N6O3S/c1-21(40)39-15-13-38(14-16-39)12-6-8-24-19-35-32(34)30-25(20-43-31(24)30)22-10-11-26(29(18-22)42-3)36-33(41)28-17-23-7-4-5-9-27(23)37(28)2/h4-11,17-20H,12-16H2,1-3H3,(H2,34,35)(H,36,41)/b8-6+. The summed E-state index contributed by atoms with van der Waals surface area (Å²) in [6.07, 6.45) is 6.05. The van der Waals surface area contributed by atoms with Crippen LogP contribution in [-0.4, -0.2) is 71.0 Å². The van der Waals surface area contributed by atoms with Gasteiger partial charge in [-0.05, 0) is 35.2 Å². The summed E-state index contributed by atoms with van der Waals surface area (Å²) in [6.45, 7) is 5.69. The molecule has 3 aromatic heterocycles. The molecular weight excluding hydrogens is 560 g/mol. The number of thiophene rings is 1. The number of aryl methyl sites for hydroxylation is 1. The molecule has 9 nitrogen and oxygen atoms in total. The molecule has 0 unspecified atom stereocenters. The zero-order valence-corrected chi connectivity index (χ0v) is 25.3. The fourth-order valence-electron chi connectivity index (χ4n) is 5.65. The number of piperazine rings is 1. The van der Waals surface area contributed by atoms with Crippen molar-refractivity contribution < 1.29 is 14.3 Å². The number of rotatable bonds is 7. The number of amides is 2. The van der Waals surface area contributed by atoms with Gasteiger partial charge < -0.3 is 25.3 Å². The fourth-order valence-corrected chi connectivity index (χ4v) is 6.73. The SMILES string of the molecule is COc1cc(-c2csc3c(/C=C/CN4CCN(C(C)=O)CC4)cnc(N)c23)ccc1NC(=O)c1cc2ccccc2n1C. The number of hydrogen-bond donors (Lipinski definition) is 2. The minimum atomic E-state index is -0.212. The van der Waals surface area contributed by atoms with Crippen LogP contribution in [-0.2, 0) is 11.8 Å². The van der Waals surface area contributed by atoms with Gasteiger partial charge in [0.05, 0.1) is 12.8 Å². The molecule has 0 saturated carbocycles. The van der Waals surface area contributed by atoms with Gasteiger partial charge in [0.15, 0.2) is 0 Å². The molecule has 1 saturated heterocycles. The lowest BCUT2D eigenvalue weighted by Crippen LogP contribution is -2.47. The Bertz CT molecular complexity index is 1870. The van der Waals surface area contributed by atoms with Crippen molar-refractivity contribution in [2.75, 3.05) is 50.9 Å². The second-order valence-electron chi connectivity index (χ2n) is 10.7. The zero-order valence-electron chi connectivity index (χ0n) is 24.5. The normalized spacial score (nSPS) is 14.2. The van der Waals surface area contributed by atoms with E-state index in [0.717, 1.165) is 70.4 Å². The molecule has 1 aliphatic heterocycles. The van der Waals surface area contributed by atoms with Gasteiger partial charge >= 0.3 is 0 Å². The Morgan fingerprint density at radius 1 is 1.12 bits per heavy atom. The van der Waals surface area contributed by atoms with Crippen LogP contribution in [0, 0.1) is 0 Å². The Kier molecular flexibility index (Phi) is 7.88. The van der Waals surface area contributed by atoms with Crippen molar-refractivity contribution in [3.63, 3.8) is 0 Å². The highest BCUT2D eigenvalue weighted by molar-refractivity contribution is 7.18. The number of fused-ring (bicyclic) bond motifs is 2. The van der Waals surface area contributed by atoms with Gasteiger partial charge in [0.2, 0.25) is 5.91 Å². The van der Waals surface area contributed by atoms with Crippen LogP contribution >= 0.6 is 11.3 Å². The van der Waals surface area contributed by atoms with E-state index in [-0.39, 0.29) is 11.8 Å². The second-order valence-corrected chi connectivity index (χ2v) is 11.6. The Labute approximate surface area is 254 Å². The second kappa shape index (κ2) is 11.9. The number of carbonyl (C=O) groups is 2. The Balaban J connectivity index is 1.22. The molecule has 0 aliphatic carbocycles. The molecule has 0 spiro atoms. The largest absolute Gasteiger partial charge is 0.495 e. The van der Waals surface area contributed by atoms with Crippen molar-refractivity contribution in [2.24, 2.45) is 7.05 Å². The van der Waals surface area contributed by atoms with E-state index in [2.05, 4.69) is 32.7 Å². The van der Waals surface area contributed by atoms with E-state index in [9.17, 15) is 9.59 Å². The first-order valence-electron chi connectivity index (χ1n) is 14.2. The maximum absolute atomic E-state index is 13.2. The monoisotopic (exact) mass is 594 g/mol. The molecular formula is C33H34N6O3S. The van der Waals surface area contributed by atoms with Crippen molar-refractivity contribution in [1.82, 2.24) is 19.4 Å². The van der Waals surface area contributed by atoms with Crippen LogP contribution in [0.1, 0.15) is 23.0 Å². The Hall–Kier alpha value is -4.67. The van der Waals surface area contributed by atoms with E-state index in [1.54, 1.807) is 25.4 Å². The molecule has 0 radical (unpaired) electrons. The minimum absolute atomic E-state index is 0.136. The number of aromatic nitrogens is 2. The van der Waals surface area contributed by atoms with Crippen molar-refractivity contribution in [3.05, 3.63) is 77.4 Å². The van der Waals surface area contributed by atoms with Gasteiger partial charge in [-0.15, -0.1) is 11.3 Å². The fraction of sp³-hybridized carbons (Fsp3) is 0.242. The number of nitrogen functional groups attached to an aromatic ring is 1. The summed E-state index contributed by atoms with van der Waals surface area (Å²) in [4.78, 5) is 33.6. The molecule has 0 atom stereocenters. The number of carbonyl (C=O) groups excluding carboxylic acids is 2. The summed E-state index contributed by atoms with van der Waals surface area (Å²) in [7, 11) is 3.48. The summed E-state index contributed by atoms with van der Waals surface area (Å²) in [6, 6.07) is 15.5. The first-order chi connectivity index (χ1) is 20.8. The van der Waals surface area contributed by atoms with Gasteiger partial charge in [-0.2, -0.15) is 0 Å². The van der Waals surface area contributed by atoms with E-state index >= 15 is 0 Å². The van der Waals surface area contributed by atoms with Gasteiger partial charge in [0.25, 0.3) is 5.91 Å². The molecule has 0 bridgehead atoms. The number of anilines is 2. The lowest BCUT2D eigenvalue weighted by molar-refractivity contribution is -0.130. The first kappa shape index (κ1) is 28.4. The number of benzene rings is 2. The highest BCUT2D eigenvalue weighted by Crippen LogP contribution is 2.41. The summed E-state index contributed by atoms with van der Waals surface area (Å²) in [5.41, 5.74) is 11.4. The van der Waals surface area contributed by atoms with Crippen LogP contribution in [0.25, 0.3) is 38.2 Å². The third-order valence-corrected chi connectivity index (χ3v) is 9.10. The zero-order chi connectivity index (χ0) is 30.1. The van der Waals surface area contributed by atoms with E-state index < -0.39 is 0 Å². The highest BCUT2D eigenvalue weighted by atomic mass is 32.1. The number of nitrogens with zero attached hydrogens (tertiary/aromatic N) is 4. The summed E-state index contributed by atoms with van der Waals surface area (Å²) < 4.78 is 8.65. The van der Waals surface area contributed by atoms with E-state index in [1.165, 1.54) is 0 Å². The number of pyridine rings is 1. The van der Waals surface area contributed by atoms with Crippen LogP contribution in [0.4, 0.5) is 11.5 Å². The number of nitrogens with one attached hydrogen (secondary N) is 1. The summed E-state index contributed by atoms with van der Waals surface area (Å²) in [5.74, 6) is 0.945. The van der Waals surface area contributed by atoms with Gasteiger partial charge in [-0.1, -0.05) is 36.4 Å². The van der Waals surface area contributed by atoms with Crippen molar-refractivity contribution in [1.29, 1.82) is 0 Å². The topological polar surface area (TPSA) is 106 Å². The van der Waals surface area contributed by atoms with Crippen LogP contribution in [0.2, 0.25) is 0 Å². The van der Waals surface area contributed by atoms with E-state index in [1.807, 2.05) is 71.2 Å². The summed E-state index contributed by atoms with van der Waals surface area (Å²) >= 11 is 1.63. The summed E-state index contributed by atoms with van der Waals surface area (Å²) in [5, 5.41) is 7.01. The van der Waals surface area contributed by atoms with Crippen LogP contribution < -0.4 is 15.8 Å². The Morgan fingerprint density at radius 3 is 2.65 bits per heavy atom. The molecule has 43 heavy (non-hydrogen) atoms. The number of nitrogens with two attached hydrogens (primary N) is 1. The molecule has 1 aliphatic rings. The maximum atomic E-state index is 13.2. The highest BCUT2D eigenvalue weighted by Gasteiger charge is 2.19. The molecule has 2 aromatic carbocycles. The number of para-hydroxylation sites is 1. The maximum Gasteiger partial charge on any atom is 0.272 e. The first-order valence-corrected chi connectivity index (χ1v) is 15.1. The molecule has 2 amide bonds. The number of methoxy groups -OCH3 is 1. The third-order valence-electron chi connectivity index (χ3n) is 8.08. The van der Waals surface area contributed by atoms with Crippen LogP contribution in [0.5, 0.6) is 5.75 Å². The van der Waals surface area contributed by atoms with Gasteiger partial charge in [0, 0.05) is 85.0 Å². The van der Waals surface area contributed by atoms with Gasteiger partial charge in [0.1, 0.15) is 17.3 Å². The Morgan fingerprint density at radius 2 is 1.91 bits per heavy atom. The lowest BCUT2D eigenvalue weighted by atomic mass is 10.0. The van der Waals surface area contributed by atoms with Gasteiger partial charge in [-0.25, -0.2) is 4.98 Å². The molecule has 1 fully saturated rings. The molecule has 220 valence electrons. The predicted octanol–water partition coefficient (Wildman–Crippen LogP) is 5.48. The van der Waals surface area contributed by atoms with Gasteiger partial charge in [-0.3, -0.25) is 14.5 Å². The molecule has 10 heteroatoms. The lowest BCUT2D eigenvalue weighted by Gasteiger charge is -2.33. The molecule has 3 N–H and O–H groups in total. The van der Waals surface area contributed by atoms with Crippen molar-refractivity contribution in [2.45, 2.75) is 6.92 Å². The molecule has 5 aromatic rings. The van der Waals surface area contributed by atoms with Crippen molar-refractivity contribution in [3.8, 4) is 16.9 Å². The average Bonchev–Trinajstić information content (AvgIpc) is 3.61. The average molecular weight is 595 g/mol. The quantitative estimate of drug-likeness (QED) is 0.259.